The predicted octanol–water partition coefficient (Wildman–Crippen LogP) is 1.64. The van der Waals surface area contributed by atoms with E-state index in [0.29, 0.717) is 12.0 Å². The number of fused-ring (bicyclic) bond motifs is 1. The summed E-state index contributed by atoms with van der Waals surface area (Å²) in [6.45, 7) is 7.06. The first kappa shape index (κ1) is 12.9. The van der Waals surface area contributed by atoms with E-state index in [1.165, 1.54) is 0 Å². The van der Waals surface area contributed by atoms with Gasteiger partial charge in [0.1, 0.15) is 12.1 Å². The van der Waals surface area contributed by atoms with Gasteiger partial charge in [-0.25, -0.2) is 0 Å². The zero-order chi connectivity index (χ0) is 13.7. The van der Waals surface area contributed by atoms with Crippen molar-refractivity contribution in [1.82, 2.24) is 9.80 Å². The molecular weight excluding hydrogens is 240 g/mol. The highest BCUT2D eigenvalue weighted by atomic mass is 16.2. The topological polar surface area (TPSA) is 40.6 Å². The lowest BCUT2D eigenvalue weighted by molar-refractivity contribution is -0.166. The Hall–Kier alpha value is -1.06. The van der Waals surface area contributed by atoms with Gasteiger partial charge in [0, 0.05) is 12.6 Å². The molecule has 0 spiro atoms. The zero-order valence-corrected chi connectivity index (χ0v) is 12.1. The number of piperidine rings is 1. The molecule has 2 aliphatic heterocycles. The van der Waals surface area contributed by atoms with E-state index in [-0.39, 0.29) is 29.8 Å². The molecule has 3 aliphatic rings. The quantitative estimate of drug-likeness (QED) is 0.761. The molecule has 3 rings (SSSR count). The van der Waals surface area contributed by atoms with Crippen LogP contribution < -0.4 is 0 Å². The first-order valence-corrected chi connectivity index (χ1v) is 7.65. The number of carbonyl (C=O) groups is 2. The Labute approximate surface area is 115 Å². The molecule has 2 saturated heterocycles. The maximum Gasteiger partial charge on any atom is 0.246 e. The van der Waals surface area contributed by atoms with Crippen LogP contribution in [0.2, 0.25) is 0 Å². The van der Waals surface area contributed by atoms with Crippen molar-refractivity contribution in [3.63, 3.8) is 0 Å². The molecule has 0 radical (unpaired) electrons. The SMILES string of the molecule is CC(C)C1C(=O)N2CCCCC2C(=O)N1C1CC1C. The van der Waals surface area contributed by atoms with E-state index >= 15 is 0 Å². The molecule has 0 bridgehead atoms. The Morgan fingerprint density at radius 3 is 2.42 bits per heavy atom. The normalized spacial score (nSPS) is 38.7. The van der Waals surface area contributed by atoms with Gasteiger partial charge in [-0.1, -0.05) is 20.8 Å². The van der Waals surface area contributed by atoms with Gasteiger partial charge in [-0.05, 0) is 37.5 Å². The third kappa shape index (κ3) is 1.96. The summed E-state index contributed by atoms with van der Waals surface area (Å²) in [7, 11) is 0. The molecule has 19 heavy (non-hydrogen) atoms. The fourth-order valence-electron chi connectivity index (χ4n) is 3.72. The predicted molar refractivity (Wildman–Crippen MR) is 72.4 cm³/mol. The van der Waals surface area contributed by atoms with Crippen LogP contribution >= 0.6 is 0 Å². The third-order valence-electron chi connectivity index (χ3n) is 4.93. The first-order chi connectivity index (χ1) is 9.02. The van der Waals surface area contributed by atoms with Gasteiger partial charge in [0.05, 0.1) is 0 Å². The summed E-state index contributed by atoms with van der Waals surface area (Å²) < 4.78 is 0. The van der Waals surface area contributed by atoms with Crippen molar-refractivity contribution in [3.05, 3.63) is 0 Å². The monoisotopic (exact) mass is 264 g/mol. The van der Waals surface area contributed by atoms with E-state index in [0.717, 1.165) is 32.2 Å². The molecule has 1 saturated carbocycles. The van der Waals surface area contributed by atoms with E-state index in [1.54, 1.807) is 0 Å². The Bertz CT molecular complexity index is 407. The van der Waals surface area contributed by atoms with Crippen molar-refractivity contribution < 1.29 is 9.59 Å². The van der Waals surface area contributed by atoms with Gasteiger partial charge in [0.2, 0.25) is 11.8 Å². The first-order valence-electron chi connectivity index (χ1n) is 7.65. The van der Waals surface area contributed by atoms with Crippen LogP contribution in [0.1, 0.15) is 46.5 Å². The Balaban J connectivity index is 1.92. The zero-order valence-electron chi connectivity index (χ0n) is 12.1. The van der Waals surface area contributed by atoms with E-state index in [4.69, 9.17) is 0 Å². The van der Waals surface area contributed by atoms with Gasteiger partial charge in [-0.15, -0.1) is 0 Å². The van der Waals surface area contributed by atoms with Crippen LogP contribution in [-0.2, 0) is 9.59 Å². The van der Waals surface area contributed by atoms with Crippen molar-refractivity contribution >= 4 is 11.8 Å². The number of amides is 2. The average molecular weight is 264 g/mol. The second kappa shape index (κ2) is 4.50. The molecule has 0 aromatic heterocycles. The summed E-state index contributed by atoms with van der Waals surface area (Å²) in [6, 6.07) is -0.0752. The summed E-state index contributed by atoms with van der Waals surface area (Å²) in [4.78, 5) is 29.3. The minimum atomic E-state index is -0.225. The van der Waals surface area contributed by atoms with Crippen LogP contribution in [0, 0.1) is 11.8 Å². The van der Waals surface area contributed by atoms with E-state index in [9.17, 15) is 9.59 Å². The summed E-state index contributed by atoms with van der Waals surface area (Å²) in [6.07, 6.45) is 4.03. The second-order valence-electron chi connectivity index (χ2n) is 6.76. The summed E-state index contributed by atoms with van der Waals surface area (Å²) in [5.41, 5.74) is 0. The number of rotatable bonds is 2. The molecule has 4 heteroatoms. The highest BCUT2D eigenvalue weighted by Gasteiger charge is 2.54. The minimum absolute atomic E-state index is 0.163. The van der Waals surface area contributed by atoms with Gasteiger partial charge in [-0.3, -0.25) is 9.59 Å². The Morgan fingerprint density at radius 1 is 1.16 bits per heavy atom. The Kier molecular flexibility index (Phi) is 3.06. The third-order valence-corrected chi connectivity index (χ3v) is 4.93. The second-order valence-corrected chi connectivity index (χ2v) is 6.76. The number of piperazine rings is 1. The maximum absolute atomic E-state index is 12.8. The van der Waals surface area contributed by atoms with Crippen LogP contribution in [0.5, 0.6) is 0 Å². The van der Waals surface area contributed by atoms with Crippen LogP contribution in [-0.4, -0.2) is 46.3 Å². The van der Waals surface area contributed by atoms with Crippen LogP contribution in [0.4, 0.5) is 0 Å². The Morgan fingerprint density at radius 2 is 1.84 bits per heavy atom. The van der Waals surface area contributed by atoms with Crippen molar-refractivity contribution in [1.29, 1.82) is 0 Å². The van der Waals surface area contributed by atoms with E-state index in [1.807, 2.05) is 9.80 Å². The molecule has 106 valence electrons. The van der Waals surface area contributed by atoms with E-state index in [2.05, 4.69) is 20.8 Å². The summed E-state index contributed by atoms with van der Waals surface area (Å²) in [5, 5.41) is 0. The molecule has 0 aromatic rings. The summed E-state index contributed by atoms with van der Waals surface area (Å²) in [5.74, 6) is 1.17. The molecule has 3 fully saturated rings. The van der Waals surface area contributed by atoms with Crippen molar-refractivity contribution in [2.45, 2.75) is 64.6 Å². The largest absolute Gasteiger partial charge is 0.329 e. The standard InChI is InChI=1S/C15H24N2O2/c1-9(2)13-15(19)16-7-5-4-6-11(16)14(18)17(13)12-8-10(12)3/h9-13H,4-8H2,1-3H3. The minimum Gasteiger partial charge on any atom is -0.329 e. The molecular formula is C15H24N2O2. The smallest absolute Gasteiger partial charge is 0.246 e. The fourth-order valence-corrected chi connectivity index (χ4v) is 3.72. The van der Waals surface area contributed by atoms with Crippen molar-refractivity contribution in [2.24, 2.45) is 11.8 Å². The molecule has 4 nitrogen and oxygen atoms in total. The lowest BCUT2D eigenvalue weighted by Crippen LogP contribution is -2.67. The molecule has 4 atom stereocenters. The number of hydrogen-bond acceptors (Lipinski definition) is 2. The van der Waals surface area contributed by atoms with Crippen LogP contribution in [0.3, 0.4) is 0 Å². The molecule has 0 aromatic carbocycles. The van der Waals surface area contributed by atoms with Crippen LogP contribution in [0.25, 0.3) is 0 Å². The lowest BCUT2D eigenvalue weighted by Gasteiger charge is -2.48. The van der Waals surface area contributed by atoms with Gasteiger partial charge in [0.25, 0.3) is 0 Å². The van der Waals surface area contributed by atoms with Crippen molar-refractivity contribution in [3.8, 4) is 0 Å². The number of hydrogen-bond donors (Lipinski definition) is 0. The highest BCUT2D eigenvalue weighted by molar-refractivity contribution is 5.97. The molecule has 2 heterocycles. The van der Waals surface area contributed by atoms with Crippen LogP contribution in [0.15, 0.2) is 0 Å². The van der Waals surface area contributed by atoms with Crippen molar-refractivity contribution in [2.75, 3.05) is 6.54 Å². The molecule has 0 N–H and O–H groups in total. The van der Waals surface area contributed by atoms with E-state index < -0.39 is 0 Å². The highest BCUT2D eigenvalue weighted by Crippen LogP contribution is 2.41. The summed E-state index contributed by atoms with van der Waals surface area (Å²) >= 11 is 0. The number of carbonyl (C=O) groups excluding carboxylic acids is 2. The maximum atomic E-state index is 12.8. The average Bonchev–Trinajstić information content (AvgIpc) is 3.09. The van der Waals surface area contributed by atoms with Gasteiger partial charge < -0.3 is 9.80 Å². The van der Waals surface area contributed by atoms with Gasteiger partial charge in [0.15, 0.2) is 0 Å². The van der Waals surface area contributed by atoms with Gasteiger partial charge in [-0.2, -0.15) is 0 Å². The molecule has 1 aliphatic carbocycles. The molecule has 4 unspecified atom stereocenters. The number of nitrogens with zero attached hydrogens (tertiary/aromatic N) is 2. The molecule has 2 amide bonds. The van der Waals surface area contributed by atoms with Gasteiger partial charge >= 0.3 is 0 Å². The fraction of sp³-hybridized carbons (Fsp3) is 0.867. The lowest BCUT2D eigenvalue weighted by atomic mass is 9.90.